The minimum Gasteiger partial charge on any atom is -0.394 e. The average molecular weight is 339 g/mol. The van der Waals surface area contributed by atoms with Gasteiger partial charge in [-0.25, -0.2) is 0 Å². The van der Waals surface area contributed by atoms with Crippen LogP contribution in [0.4, 0.5) is 0 Å². The molecule has 0 aliphatic rings. The molecule has 0 aliphatic carbocycles. The van der Waals surface area contributed by atoms with Crippen molar-refractivity contribution in [3.8, 4) is 0 Å². The third-order valence-electron chi connectivity index (χ3n) is 4.38. The zero-order valence-corrected chi connectivity index (χ0v) is 15.6. The van der Waals surface area contributed by atoms with E-state index in [2.05, 4.69) is 46.2 Å². The summed E-state index contributed by atoms with van der Waals surface area (Å²) in [5.74, 6) is 0. The van der Waals surface area contributed by atoms with Gasteiger partial charge in [0.1, 0.15) is 23.0 Å². The maximum Gasteiger partial charge on any atom is 0.129 e. The van der Waals surface area contributed by atoms with E-state index in [0.717, 1.165) is 51.3 Å². The van der Waals surface area contributed by atoms with Crippen molar-refractivity contribution in [2.45, 2.75) is 20.3 Å². The van der Waals surface area contributed by atoms with Crippen molar-refractivity contribution in [3.05, 3.63) is 40.7 Å². The summed E-state index contributed by atoms with van der Waals surface area (Å²) in [6.45, 7) is 5.61. The minimum atomic E-state index is 0.554. The molecule has 0 N–H and O–H groups in total. The van der Waals surface area contributed by atoms with Gasteiger partial charge in [-0.2, -0.15) is 15.0 Å². The van der Waals surface area contributed by atoms with Crippen LogP contribution in [0, 0.1) is 6.92 Å². The van der Waals surface area contributed by atoms with Crippen molar-refractivity contribution < 1.29 is 4.84 Å². The Labute approximate surface area is 147 Å². The normalized spacial score (nSPS) is 12.5. The van der Waals surface area contributed by atoms with Crippen LogP contribution in [0.2, 0.25) is 0 Å². The Kier molecular flexibility index (Phi) is 4.99. The van der Waals surface area contributed by atoms with Gasteiger partial charge >= 0.3 is 0 Å². The van der Waals surface area contributed by atoms with Gasteiger partial charge in [0.2, 0.25) is 0 Å². The summed E-state index contributed by atoms with van der Waals surface area (Å²) in [6.07, 6.45) is 0.863. The Balaban J connectivity index is 2.33. The molecule has 1 heterocycles. The lowest BCUT2D eigenvalue weighted by Crippen LogP contribution is -2.18. The number of aryl methyl sites for hydroxylation is 2. The van der Waals surface area contributed by atoms with Gasteiger partial charge in [-0.1, -0.05) is 36.3 Å². The molecule has 0 saturated heterocycles. The molecule has 25 heavy (non-hydrogen) atoms. The van der Waals surface area contributed by atoms with Gasteiger partial charge in [-0.3, -0.25) is 0 Å². The molecular formula is C19H25N5O. The molecule has 132 valence electrons. The fourth-order valence-electron chi connectivity index (χ4n) is 3.09. The lowest BCUT2D eigenvalue weighted by atomic mass is 10.1. The predicted octanol–water partition coefficient (Wildman–Crippen LogP) is 2.39. The first-order chi connectivity index (χ1) is 12.0. The third-order valence-corrected chi connectivity index (χ3v) is 4.38. The SMILES string of the molecule is CCc1c(C)/c(=N/OCCN(C)C)c2ccccc2c2nn(C)nc12. The second-order valence-electron chi connectivity index (χ2n) is 6.47. The standard InChI is InChI=1S/C19H25N5O/c1-6-14-13(2)17(22-25-12-11-23(3)4)15-9-7-8-10-16(15)19-18(14)20-24(5)21-19/h7-10H,6,11-12H2,1-5H3/b22-17-. The van der Waals surface area contributed by atoms with Gasteiger partial charge in [-0.15, -0.1) is 0 Å². The zero-order valence-electron chi connectivity index (χ0n) is 15.6. The summed E-state index contributed by atoms with van der Waals surface area (Å²) >= 11 is 0. The number of rotatable bonds is 5. The monoisotopic (exact) mass is 339 g/mol. The van der Waals surface area contributed by atoms with Crippen molar-refractivity contribution in [3.63, 3.8) is 0 Å². The van der Waals surface area contributed by atoms with Gasteiger partial charge in [0, 0.05) is 24.4 Å². The average Bonchev–Trinajstić information content (AvgIpc) is 2.93. The maximum absolute atomic E-state index is 5.62. The highest BCUT2D eigenvalue weighted by Gasteiger charge is 2.13. The van der Waals surface area contributed by atoms with E-state index < -0.39 is 0 Å². The van der Waals surface area contributed by atoms with Crippen LogP contribution in [0.25, 0.3) is 21.8 Å². The molecule has 0 aliphatic heterocycles. The smallest absolute Gasteiger partial charge is 0.129 e. The third kappa shape index (κ3) is 3.35. The molecule has 1 aromatic heterocycles. The second kappa shape index (κ2) is 7.19. The molecule has 6 heteroatoms. The maximum atomic E-state index is 5.62. The predicted molar refractivity (Wildman–Crippen MR) is 100 cm³/mol. The van der Waals surface area contributed by atoms with Gasteiger partial charge in [0.05, 0.1) is 0 Å². The van der Waals surface area contributed by atoms with Gasteiger partial charge < -0.3 is 9.74 Å². The fourth-order valence-corrected chi connectivity index (χ4v) is 3.09. The van der Waals surface area contributed by atoms with Crippen LogP contribution in [0.5, 0.6) is 0 Å². The highest BCUT2D eigenvalue weighted by molar-refractivity contribution is 6.03. The quantitative estimate of drug-likeness (QED) is 0.529. The number of likely N-dealkylation sites (N-methyl/N-ethyl adjacent to an activating group) is 1. The molecule has 0 radical (unpaired) electrons. The lowest BCUT2D eigenvalue weighted by molar-refractivity contribution is 0.117. The highest BCUT2D eigenvalue weighted by Crippen LogP contribution is 2.23. The molecule has 0 fully saturated rings. The van der Waals surface area contributed by atoms with E-state index in [1.807, 2.05) is 33.3 Å². The summed E-state index contributed by atoms with van der Waals surface area (Å²) in [7, 11) is 5.90. The molecule has 2 aromatic carbocycles. The van der Waals surface area contributed by atoms with Gasteiger partial charge in [0.25, 0.3) is 0 Å². The van der Waals surface area contributed by atoms with Crippen molar-refractivity contribution in [1.29, 1.82) is 0 Å². The lowest BCUT2D eigenvalue weighted by Gasteiger charge is -2.07. The van der Waals surface area contributed by atoms with Crippen LogP contribution in [-0.4, -0.2) is 47.1 Å². The van der Waals surface area contributed by atoms with Gasteiger partial charge in [0.15, 0.2) is 0 Å². The van der Waals surface area contributed by atoms with Crippen molar-refractivity contribution in [2.75, 3.05) is 27.2 Å². The van der Waals surface area contributed by atoms with Crippen molar-refractivity contribution in [2.24, 2.45) is 12.2 Å². The van der Waals surface area contributed by atoms with Crippen LogP contribution in [0.1, 0.15) is 18.1 Å². The van der Waals surface area contributed by atoms with Crippen LogP contribution in [0.15, 0.2) is 29.4 Å². The van der Waals surface area contributed by atoms with Crippen LogP contribution >= 0.6 is 0 Å². The molecule has 0 bridgehead atoms. The number of hydrogen-bond acceptors (Lipinski definition) is 5. The Hall–Kier alpha value is -2.47. The molecule has 0 saturated carbocycles. The van der Waals surface area contributed by atoms with E-state index in [9.17, 15) is 0 Å². The zero-order chi connectivity index (χ0) is 18.0. The van der Waals surface area contributed by atoms with E-state index in [-0.39, 0.29) is 0 Å². The Morgan fingerprint density at radius 3 is 2.48 bits per heavy atom. The number of hydrogen-bond donors (Lipinski definition) is 0. The summed E-state index contributed by atoms with van der Waals surface area (Å²) in [4.78, 5) is 9.34. The molecule has 0 spiro atoms. The number of fused-ring (bicyclic) bond motifs is 3. The van der Waals surface area contributed by atoms with Crippen LogP contribution < -0.4 is 5.36 Å². The van der Waals surface area contributed by atoms with E-state index in [0.29, 0.717) is 6.61 Å². The first-order valence-corrected chi connectivity index (χ1v) is 8.59. The summed E-state index contributed by atoms with van der Waals surface area (Å²) in [5.41, 5.74) is 4.11. The number of nitrogens with zero attached hydrogens (tertiary/aromatic N) is 5. The highest BCUT2D eigenvalue weighted by atomic mass is 16.6. The molecule has 3 aromatic rings. The Morgan fingerprint density at radius 1 is 1.12 bits per heavy atom. The molecular weight excluding hydrogens is 314 g/mol. The Morgan fingerprint density at radius 2 is 1.80 bits per heavy atom. The number of aromatic nitrogens is 3. The van der Waals surface area contributed by atoms with E-state index in [1.54, 1.807) is 4.80 Å². The Bertz CT molecular complexity index is 975. The van der Waals surface area contributed by atoms with Crippen LogP contribution in [0.3, 0.4) is 0 Å². The van der Waals surface area contributed by atoms with E-state index >= 15 is 0 Å². The van der Waals surface area contributed by atoms with Gasteiger partial charge in [-0.05, 0) is 38.6 Å². The first-order valence-electron chi connectivity index (χ1n) is 8.59. The molecule has 6 nitrogen and oxygen atoms in total. The summed E-state index contributed by atoms with van der Waals surface area (Å²) in [6, 6.07) is 8.19. The minimum absolute atomic E-state index is 0.554. The van der Waals surface area contributed by atoms with E-state index in [1.165, 1.54) is 0 Å². The number of benzene rings is 1. The molecule has 0 amide bonds. The summed E-state index contributed by atoms with van der Waals surface area (Å²) in [5, 5.41) is 16.7. The van der Waals surface area contributed by atoms with Crippen molar-refractivity contribution in [1.82, 2.24) is 19.9 Å². The largest absolute Gasteiger partial charge is 0.394 e. The van der Waals surface area contributed by atoms with Crippen molar-refractivity contribution >= 4 is 21.8 Å². The van der Waals surface area contributed by atoms with Crippen LogP contribution in [-0.2, 0) is 18.3 Å². The summed E-state index contributed by atoms with van der Waals surface area (Å²) < 4.78 is 0. The first kappa shape index (κ1) is 17.4. The fraction of sp³-hybridized carbons (Fsp3) is 0.421. The second-order valence-corrected chi connectivity index (χ2v) is 6.47. The topological polar surface area (TPSA) is 55.5 Å². The molecule has 3 rings (SSSR count). The van der Waals surface area contributed by atoms with E-state index in [4.69, 9.17) is 4.84 Å². The molecule has 0 atom stereocenters. The molecule has 0 unspecified atom stereocenters.